The molecule has 1 amide bonds. The molecule has 5 nitrogen and oxygen atoms in total. The first-order valence-corrected chi connectivity index (χ1v) is 9.96. The van der Waals surface area contributed by atoms with E-state index in [-0.39, 0.29) is 5.91 Å². The number of anilines is 1. The smallest absolute Gasteiger partial charge is 0.260 e. The Hall–Kier alpha value is -2.86. The Balaban J connectivity index is 1.98. The minimum Gasteiger partial charge on any atom is -0.497 e. The molecule has 2 aromatic carbocycles. The molecule has 3 rings (SSSR count). The third kappa shape index (κ3) is 4.34. The van der Waals surface area contributed by atoms with Crippen LogP contribution in [0, 0.1) is 5.92 Å². The summed E-state index contributed by atoms with van der Waals surface area (Å²) in [5.41, 5.74) is 2.24. The van der Waals surface area contributed by atoms with Crippen LogP contribution in [0.5, 0.6) is 11.5 Å². The monoisotopic (exact) mass is 396 g/mol. The average molecular weight is 397 g/mol. The van der Waals surface area contributed by atoms with Crippen LogP contribution in [-0.4, -0.2) is 31.7 Å². The second-order valence-corrected chi connectivity index (χ2v) is 7.59. The van der Waals surface area contributed by atoms with Crippen LogP contribution in [-0.2, 0) is 0 Å². The SMILES string of the molecule is COc1ccc(OC)c(-c2csc(N(CC(C)C)C(=O)c3ccccc3)n2)c1. The molecule has 6 heteroatoms. The second kappa shape index (κ2) is 8.89. The van der Waals surface area contributed by atoms with Crippen molar-refractivity contribution in [1.29, 1.82) is 0 Å². The van der Waals surface area contributed by atoms with Crippen molar-refractivity contribution in [3.63, 3.8) is 0 Å². The fourth-order valence-corrected chi connectivity index (χ4v) is 3.71. The minimum atomic E-state index is -0.0483. The van der Waals surface area contributed by atoms with E-state index in [1.54, 1.807) is 19.1 Å². The first-order chi connectivity index (χ1) is 13.5. The van der Waals surface area contributed by atoms with Crippen LogP contribution in [0.4, 0.5) is 5.13 Å². The van der Waals surface area contributed by atoms with E-state index in [0.29, 0.717) is 28.9 Å². The lowest BCUT2D eigenvalue weighted by Crippen LogP contribution is -2.34. The van der Waals surface area contributed by atoms with Crippen molar-refractivity contribution in [2.24, 2.45) is 5.92 Å². The Labute approximate surface area is 169 Å². The zero-order valence-electron chi connectivity index (χ0n) is 16.5. The highest BCUT2D eigenvalue weighted by Crippen LogP contribution is 2.36. The number of carbonyl (C=O) groups excluding carboxylic acids is 1. The number of hydrogen-bond acceptors (Lipinski definition) is 5. The molecule has 0 saturated heterocycles. The fourth-order valence-electron chi connectivity index (χ4n) is 2.88. The highest BCUT2D eigenvalue weighted by Gasteiger charge is 2.22. The van der Waals surface area contributed by atoms with Gasteiger partial charge >= 0.3 is 0 Å². The Morgan fingerprint density at radius 2 is 1.86 bits per heavy atom. The molecular weight excluding hydrogens is 372 g/mol. The summed E-state index contributed by atoms with van der Waals surface area (Å²) in [5, 5.41) is 2.61. The lowest BCUT2D eigenvalue weighted by Gasteiger charge is -2.22. The van der Waals surface area contributed by atoms with Crippen molar-refractivity contribution in [3.8, 4) is 22.8 Å². The van der Waals surface area contributed by atoms with Gasteiger partial charge in [0.1, 0.15) is 11.5 Å². The van der Waals surface area contributed by atoms with E-state index >= 15 is 0 Å². The molecule has 0 radical (unpaired) electrons. The molecule has 0 fully saturated rings. The number of rotatable bonds is 7. The van der Waals surface area contributed by atoms with Gasteiger partial charge in [0.05, 0.1) is 19.9 Å². The summed E-state index contributed by atoms with van der Waals surface area (Å²) in [6.45, 7) is 4.77. The molecule has 0 unspecified atom stereocenters. The first kappa shape index (κ1) is 19.9. The quantitative estimate of drug-likeness (QED) is 0.555. The van der Waals surface area contributed by atoms with Crippen LogP contribution >= 0.6 is 11.3 Å². The molecule has 1 heterocycles. The Morgan fingerprint density at radius 3 is 2.50 bits per heavy atom. The summed E-state index contributed by atoms with van der Waals surface area (Å²) >= 11 is 1.45. The van der Waals surface area contributed by atoms with E-state index < -0.39 is 0 Å². The first-order valence-electron chi connectivity index (χ1n) is 9.08. The molecule has 1 aromatic heterocycles. The lowest BCUT2D eigenvalue weighted by atomic mass is 10.1. The molecule has 0 aliphatic rings. The van der Waals surface area contributed by atoms with Crippen molar-refractivity contribution < 1.29 is 14.3 Å². The summed E-state index contributed by atoms with van der Waals surface area (Å²) in [5.74, 6) is 1.70. The van der Waals surface area contributed by atoms with E-state index in [1.807, 2.05) is 53.9 Å². The largest absolute Gasteiger partial charge is 0.497 e. The maximum atomic E-state index is 13.1. The van der Waals surface area contributed by atoms with Gasteiger partial charge in [-0.25, -0.2) is 4.98 Å². The van der Waals surface area contributed by atoms with E-state index in [0.717, 1.165) is 17.0 Å². The summed E-state index contributed by atoms with van der Waals surface area (Å²) < 4.78 is 10.8. The molecule has 0 N–H and O–H groups in total. The van der Waals surface area contributed by atoms with E-state index in [2.05, 4.69) is 13.8 Å². The van der Waals surface area contributed by atoms with Gasteiger partial charge in [0.25, 0.3) is 5.91 Å². The van der Waals surface area contributed by atoms with Gasteiger partial charge in [0.15, 0.2) is 5.13 Å². The maximum absolute atomic E-state index is 13.1. The molecule has 0 aliphatic carbocycles. The summed E-state index contributed by atoms with van der Waals surface area (Å²) in [6.07, 6.45) is 0. The third-order valence-electron chi connectivity index (χ3n) is 4.22. The van der Waals surface area contributed by atoms with E-state index in [1.165, 1.54) is 11.3 Å². The van der Waals surface area contributed by atoms with Gasteiger partial charge in [-0.1, -0.05) is 32.0 Å². The van der Waals surface area contributed by atoms with Gasteiger partial charge in [0.2, 0.25) is 0 Å². The summed E-state index contributed by atoms with van der Waals surface area (Å²) in [4.78, 5) is 19.6. The number of aromatic nitrogens is 1. The van der Waals surface area contributed by atoms with Crippen molar-refractivity contribution in [1.82, 2.24) is 4.98 Å². The number of carbonyl (C=O) groups is 1. The van der Waals surface area contributed by atoms with Crippen LogP contribution in [0.25, 0.3) is 11.3 Å². The van der Waals surface area contributed by atoms with Crippen molar-refractivity contribution >= 4 is 22.4 Å². The molecule has 0 saturated carbocycles. The van der Waals surface area contributed by atoms with Crippen LogP contribution in [0.15, 0.2) is 53.9 Å². The highest BCUT2D eigenvalue weighted by atomic mass is 32.1. The second-order valence-electron chi connectivity index (χ2n) is 6.76. The zero-order chi connectivity index (χ0) is 20.1. The van der Waals surface area contributed by atoms with Crippen LogP contribution in [0.3, 0.4) is 0 Å². The molecule has 146 valence electrons. The molecule has 28 heavy (non-hydrogen) atoms. The van der Waals surface area contributed by atoms with Crippen molar-refractivity contribution in [3.05, 3.63) is 59.5 Å². The van der Waals surface area contributed by atoms with Crippen LogP contribution < -0.4 is 14.4 Å². The van der Waals surface area contributed by atoms with Crippen molar-refractivity contribution in [2.75, 3.05) is 25.7 Å². The van der Waals surface area contributed by atoms with Gasteiger partial charge in [0, 0.05) is 23.1 Å². The van der Waals surface area contributed by atoms with Crippen molar-refractivity contribution in [2.45, 2.75) is 13.8 Å². The maximum Gasteiger partial charge on any atom is 0.260 e. The average Bonchev–Trinajstić information content (AvgIpc) is 3.21. The third-order valence-corrected chi connectivity index (χ3v) is 5.08. The molecule has 0 aliphatic heterocycles. The molecule has 0 atom stereocenters. The predicted molar refractivity (Wildman–Crippen MR) is 114 cm³/mol. The van der Waals surface area contributed by atoms with Gasteiger partial charge < -0.3 is 9.47 Å². The zero-order valence-corrected chi connectivity index (χ0v) is 17.3. The van der Waals surface area contributed by atoms with Gasteiger partial charge in [-0.15, -0.1) is 11.3 Å². The summed E-state index contributed by atoms with van der Waals surface area (Å²) in [7, 11) is 3.25. The topological polar surface area (TPSA) is 51.7 Å². The number of benzene rings is 2. The van der Waals surface area contributed by atoms with Crippen LogP contribution in [0.1, 0.15) is 24.2 Å². The minimum absolute atomic E-state index is 0.0483. The fraction of sp³-hybridized carbons (Fsp3) is 0.273. The van der Waals surface area contributed by atoms with Gasteiger partial charge in [-0.05, 0) is 36.2 Å². The Bertz CT molecular complexity index is 938. The molecule has 0 bridgehead atoms. The number of amides is 1. The standard InChI is InChI=1S/C22H24N2O3S/c1-15(2)13-24(21(25)16-8-6-5-7-9-16)22-23-19(14-28-22)18-12-17(26-3)10-11-20(18)27-4/h5-12,14-15H,13H2,1-4H3. The molecule has 0 spiro atoms. The van der Waals surface area contributed by atoms with Gasteiger partial charge in [-0.2, -0.15) is 0 Å². The van der Waals surface area contributed by atoms with E-state index in [4.69, 9.17) is 14.5 Å². The van der Waals surface area contributed by atoms with Crippen LogP contribution in [0.2, 0.25) is 0 Å². The Morgan fingerprint density at radius 1 is 1.11 bits per heavy atom. The predicted octanol–water partition coefficient (Wildman–Crippen LogP) is 5.13. The molecular formula is C22H24N2O3S. The number of hydrogen-bond donors (Lipinski definition) is 0. The number of thiazole rings is 1. The summed E-state index contributed by atoms with van der Waals surface area (Å²) in [6, 6.07) is 14.9. The highest BCUT2D eigenvalue weighted by molar-refractivity contribution is 7.14. The number of nitrogens with zero attached hydrogens (tertiary/aromatic N) is 2. The normalized spacial score (nSPS) is 10.8. The lowest BCUT2D eigenvalue weighted by molar-refractivity contribution is 0.0984. The van der Waals surface area contributed by atoms with E-state index in [9.17, 15) is 4.79 Å². The number of ether oxygens (including phenoxy) is 2. The molecule has 3 aromatic rings. The Kier molecular flexibility index (Phi) is 6.31. The number of methoxy groups -OCH3 is 2. The van der Waals surface area contributed by atoms with Gasteiger partial charge in [-0.3, -0.25) is 9.69 Å².